The van der Waals surface area contributed by atoms with E-state index in [1.54, 1.807) is 6.07 Å². The second-order valence-corrected chi connectivity index (χ2v) is 5.75. The van der Waals surface area contributed by atoms with Gasteiger partial charge < -0.3 is 5.32 Å². The number of rotatable bonds is 3. The molecule has 0 radical (unpaired) electrons. The molecule has 4 heteroatoms. The Labute approximate surface area is 127 Å². The molecule has 0 aliphatic heterocycles. The second kappa shape index (κ2) is 5.47. The molecule has 0 spiro atoms. The number of carbonyl (C=O) groups excluding carboxylic acids is 1. The molecule has 2 aromatic rings. The predicted octanol–water partition coefficient (Wildman–Crippen LogP) is 5.01. The van der Waals surface area contributed by atoms with Crippen molar-refractivity contribution in [1.29, 1.82) is 0 Å². The maximum Gasteiger partial charge on any atom is 0.227 e. The monoisotopic (exact) mass is 305 g/mol. The lowest BCUT2D eigenvalue weighted by molar-refractivity contribution is -0.117. The third kappa shape index (κ3) is 2.82. The molecule has 0 aromatic heterocycles. The smallest absolute Gasteiger partial charge is 0.227 e. The van der Waals surface area contributed by atoms with Crippen LogP contribution < -0.4 is 5.32 Å². The van der Waals surface area contributed by atoms with Crippen LogP contribution in [0.25, 0.3) is 11.1 Å². The average molecular weight is 306 g/mol. The Bertz CT molecular complexity index is 665. The van der Waals surface area contributed by atoms with Gasteiger partial charge in [-0.2, -0.15) is 0 Å². The van der Waals surface area contributed by atoms with E-state index < -0.39 is 0 Å². The molecule has 1 amide bonds. The summed E-state index contributed by atoms with van der Waals surface area (Å²) in [6, 6.07) is 13.2. The molecule has 1 saturated carbocycles. The molecule has 1 aliphatic carbocycles. The van der Waals surface area contributed by atoms with Crippen LogP contribution >= 0.6 is 23.2 Å². The minimum Gasteiger partial charge on any atom is -0.325 e. The molecule has 1 aliphatic rings. The lowest BCUT2D eigenvalue weighted by Crippen LogP contribution is -2.13. The molecule has 1 fully saturated rings. The quantitative estimate of drug-likeness (QED) is 0.848. The molecule has 1 N–H and O–H groups in total. The van der Waals surface area contributed by atoms with Gasteiger partial charge in [-0.15, -0.1) is 0 Å². The van der Waals surface area contributed by atoms with Crippen molar-refractivity contribution < 1.29 is 4.79 Å². The van der Waals surface area contributed by atoms with Gasteiger partial charge in [0.15, 0.2) is 0 Å². The van der Waals surface area contributed by atoms with Gasteiger partial charge in [0.25, 0.3) is 0 Å². The van der Waals surface area contributed by atoms with Gasteiger partial charge in [-0.1, -0.05) is 47.5 Å². The summed E-state index contributed by atoms with van der Waals surface area (Å²) in [5.41, 5.74) is 2.69. The lowest BCUT2D eigenvalue weighted by atomic mass is 10.0. The summed E-state index contributed by atoms with van der Waals surface area (Å²) in [7, 11) is 0. The molecule has 0 bridgehead atoms. The van der Waals surface area contributed by atoms with Gasteiger partial charge in [0.1, 0.15) is 0 Å². The Hall–Kier alpha value is -1.51. The zero-order valence-electron chi connectivity index (χ0n) is 10.7. The predicted molar refractivity (Wildman–Crippen MR) is 83.3 cm³/mol. The Kier molecular flexibility index (Phi) is 3.68. The first-order valence-electron chi connectivity index (χ1n) is 6.50. The van der Waals surface area contributed by atoms with E-state index in [1.807, 2.05) is 36.4 Å². The van der Waals surface area contributed by atoms with Crippen molar-refractivity contribution in [2.24, 2.45) is 5.92 Å². The van der Waals surface area contributed by atoms with Gasteiger partial charge in [0.05, 0.1) is 10.0 Å². The molecule has 0 atom stereocenters. The van der Waals surface area contributed by atoms with Crippen molar-refractivity contribution in [2.75, 3.05) is 5.32 Å². The number of halogens is 2. The van der Waals surface area contributed by atoms with Gasteiger partial charge in [0, 0.05) is 17.2 Å². The van der Waals surface area contributed by atoms with Crippen molar-refractivity contribution in [3.05, 3.63) is 52.5 Å². The first-order chi connectivity index (χ1) is 9.65. The van der Waals surface area contributed by atoms with Gasteiger partial charge in [-0.25, -0.2) is 0 Å². The van der Waals surface area contributed by atoms with E-state index >= 15 is 0 Å². The highest BCUT2D eigenvalue weighted by atomic mass is 35.5. The van der Waals surface area contributed by atoms with Crippen LogP contribution in [0.1, 0.15) is 12.8 Å². The maximum atomic E-state index is 11.9. The molecule has 3 rings (SSSR count). The number of amides is 1. The number of anilines is 1. The molecular weight excluding hydrogens is 293 g/mol. The molecule has 20 heavy (non-hydrogen) atoms. The summed E-state index contributed by atoms with van der Waals surface area (Å²) < 4.78 is 0. The fourth-order valence-electron chi connectivity index (χ4n) is 2.09. The summed E-state index contributed by atoms with van der Waals surface area (Å²) >= 11 is 12.0. The van der Waals surface area contributed by atoms with Gasteiger partial charge in [0.2, 0.25) is 5.91 Å². The fourth-order valence-corrected chi connectivity index (χ4v) is 2.39. The van der Waals surface area contributed by atoms with Crippen molar-refractivity contribution >= 4 is 34.8 Å². The third-order valence-electron chi connectivity index (χ3n) is 3.36. The first kappa shape index (κ1) is 13.5. The van der Waals surface area contributed by atoms with Crippen LogP contribution in [0.5, 0.6) is 0 Å². The minimum absolute atomic E-state index is 0.0949. The summed E-state index contributed by atoms with van der Waals surface area (Å²) in [5.74, 6) is 0.273. The number of hydrogen-bond acceptors (Lipinski definition) is 1. The van der Waals surface area contributed by atoms with Crippen molar-refractivity contribution in [3.63, 3.8) is 0 Å². The van der Waals surface area contributed by atoms with Crippen LogP contribution in [0.3, 0.4) is 0 Å². The molecule has 0 unspecified atom stereocenters. The Morgan fingerprint density at radius 1 is 1.05 bits per heavy atom. The fraction of sp³-hybridized carbons (Fsp3) is 0.188. The number of carbonyl (C=O) groups is 1. The van der Waals surface area contributed by atoms with E-state index in [-0.39, 0.29) is 11.8 Å². The summed E-state index contributed by atoms with van der Waals surface area (Å²) in [4.78, 5) is 11.9. The number of benzene rings is 2. The van der Waals surface area contributed by atoms with Crippen LogP contribution in [-0.2, 0) is 4.79 Å². The molecule has 102 valence electrons. The Morgan fingerprint density at radius 3 is 2.50 bits per heavy atom. The van der Waals surface area contributed by atoms with E-state index in [0.29, 0.717) is 10.0 Å². The number of para-hydroxylation sites is 1. The molecule has 2 aromatic carbocycles. The lowest BCUT2D eigenvalue weighted by Gasteiger charge is -2.11. The average Bonchev–Trinajstić information content (AvgIpc) is 3.27. The van der Waals surface area contributed by atoms with Crippen LogP contribution in [0.15, 0.2) is 42.5 Å². The van der Waals surface area contributed by atoms with Crippen molar-refractivity contribution in [1.82, 2.24) is 0 Å². The van der Waals surface area contributed by atoms with Crippen LogP contribution in [0.2, 0.25) is 10.0 Å². The number of hydrogen-bond donors (Lipinski definition) is 1. The zero-order valence-corrected chi connectivity index (χ0v) is 12.2. The third-order valence-corrected chi connectivity index (χ3v) is 4.10. The van der Waals surface area contributed by atoms with Crippen molar-refractivity contribution in [3.8, 4) is 11.1 Å². The highest BCUT2D eigenvalue weighted by Crippen LogP contribution is 2.35. The Morgan fingerprint density at radius 2 is 1.80 bits per heavy atom. The van der Waals surface area contributed by atoms with Gasteiger partial charge in [-0.05, 0) is 36.6 Å². The summed E-state index contributed by atoms with van der Waals surface area (Å²) in [6.45, 7) is 0. The molecule has 0 saturated heterocycles. The van der Waals surface area contributed by atoms with Crippen LogP contribution in [-0.4, -0.2) is 5.91 Å². The summed E-state index contributed by atoms with van der Waals surface area (Å²) in [6.07, 6.45) is 1.97. The maximum absolute atomic E-state index is 11.9. The SMILES string of the molecule is O=C(Nc1ccccc1-c1ccc(Cl)c(Cl)c1)C1CC1. The highest BCUT2D eigenvalue weighted by Gasteiger charge is 2.29. The standard InChI is InChI=1S/C16H13Cl2NO/c17-13-8-7-11(9-14(13)18)12-3-1-2-4-15(12)19-16(20)10-5-6-10/h1-4,7-10H,5-6H2,(H,19,20). The van der Waals surface area contributed by atoms with E-state index in [0.717, 1.165) is 29.7 Å². The number of nitrogens with one attached hydrogen (secondary N) is 1. The van der Waals surface area contributed by atoms with E-state index in [9.17, 15) is 4.79 Å². The van der Waals surface area contributed by atoms with E-state index in [4.69, 9.17) is 23.2 Å². The van der Waals surface area contributed by atoms with E-state index in [1.165, 1.54) is 0 Å². The highest BCUT2D eigenvalue weighted by molar-refractivity contribution is 6.42. The van der Waals surface area contributed by atoms with E-state index in [2.05, 4.69) is 5.32 Å². The van der Waals surface area contributed by atoms with Crippen LogP contribution in [0, 0.1) is 5.92 Å². The Balaban J connectivity index is 1.95. The normalized spacial score (nSPS) is 14.1. The second-order valence-electron chi connectivity index (χ2n) is 4.94. The molecule has 0 heterocycles. The first-order valence-corrected chi connectivity index (χ1v) is 7.26. The topological polar surface area (TPSA) is 29.1 Å². The summed E-state index contributed by atoms with van der Waals surface area (Å²) in [5, 5.41) is 4.02. The van der Waals surface area contributed by atoms with Crippen LogP contribution in [0.4, 0.5) is 5.69 Å². The zero-order chi connectivity index (χ0) is 14.1. The largest absolute Gasteiger partial charge is 0.325 e. The molecular formula is C16H13Cl2NO. The minimum atomic E-state index is 0.0949. The van der Waals surface area contributed by atoms with Gasteiger partial charge >= 0.3 is 0 Å². The van der Waals surface area contributed by atoms with Crippen molar-refractivity contribution in [2.45, 2.75) is 12.8 Å². The van der Waals surface area contributed by atoms with Gasteiger partial charge in [-0.3, -0.25) is 4.79 Å². The molecule has 2 nitrogen and oxygen atoms in total.